The molecule has 1 amide bonds. The average molecular weight is 309 g/mol. The van der Waals surface area contributed by atoms with Crippen LogP contribution in [0.5, 0.6) is 0 Å². The van der Waals surface area contributed by atoms with Crippen molar-refractivity contribution < 1.29 is 9.18 Å². The van der Waals surface area contributed by atoms with Crippen LogP contribution in [0.1, 0.15) is 30.9 Å². The average Bonchev–Trinajstić information content (AvgIpc) is 2.40. The number of benzene rings is 1. The predicted octanol–water partition coefficient (Wildman–Crippen LogP) is 1.55. The van der Waals surface area contributed by atoms with Crippen LogP contribution < -0.4 is 11.5 Å². The summed E-state index contributed by atoms with van der Waals surface area (Å²) in [5.41, 5.74) is 12.3. The second kappa shape index (κ2) is 6.49. The monoisotopic (exact) mass is 309 g/mol. The van der Waals surface area contributed by atoms with Gasteiger partial charge in [-0.05, 0) is 43.5 Å². The summed E-state index contributed by atoms with van der Waals surface area (Å²) in [7, 11) is 0. The molecule has 0 aromatic heterocycles. The molecule has 0 bridgehead atoms. The Labute approximate surface area is 129 Å². The van der Waals surface area contributed by atoms with Gasteiger partial charge >= 0.3 is 0 Å². The molecule has 4 N–H and O–H groups in total. The van der Waals surface area contributed by atoms with Gasteiger partial charge in [-0.2, -0.15) is 0 Å². The Hall–Kier alpha value is -1.53. The fourth-order valence-corrected chi connectivity index (χ4v) is 2.87. The van der Waals surface area contributed by atoms with Gasteiger partial charge in [-0.25, -0.2) is 4.39 Å². The molecular weight excluding hydrogens is 289 g/mol. The molecule has 2 unspecified atom stereocenters. The van der Waals surface area contributed by atoms with Gasteiger partial charge in [0.05, 0.1) is 5.92 Å². The molecule has 114 valence electrons. The molecule has 1 saturated heterocycles. The summed E-state index contributed by atoms with van der Waals surface area (Å²) in [4.78, 5) is 13.7. The maximum atomic E-state index is 13.6. The van der Waals surface area contributed by atoms with E-state index in [1.807, 2.05) is 0 Å². The standard InChI is InChI=1S/C15H20FN3OS/c1-9-2-3-11(14(17)20)8-19(9)7-10-4-12(15(18)21)6-13(16)5-10/h4-6,9,11H,2-3,7-8H2,1H3,(H2,17,20)(H2,18,21). The number of nitrogens with two attached hydrogens (primary N) is 2. The number of hydrogen-bond donors (Lipinski definition) is 2. The zero-order valence-electron chi connectivity index (χ0n) is 12.0. The minimum Gasteiger partial charge on any atom is -0.389 e. The second-order valence-corrected chi connectivity index (χ2v) is 6.11. The molecule has 1 aliphatic rings. The Morgan fingerprint density at radius 1 is 1.38 bits per heavy atom. The van der Waals surface area contributed by atoms with Crippen molar-refractivity contribution >= 4 is 23.1 Å². The third-order valence-corrected chi connectivity index (χ3v) is 4.28. The smallest absolute Gasteiger partial charge is 0.221 e. The van der Waals surface area contributed by atoms with E-state index in [9.17, 15) is 9.18 Å². The fourth-order valence-electron chi connectivity index (χ4n) is 2.75. The molecule has 6 heteroatoms. The van der Waals surface area contributed by atoms with E-state index in [1.54, 1.807) is 6.07 Å². The number of carbonyl (C=O) groups is 1. The van der Waals surface area contributed by atoms with E-state index in [0.717, 1.165) is 18.4 Å². The minimum atomic E-state index is -0.355. The van der Waals surface area contributed by atoms with Crippen LogP contribution in [-0.2, 0) is 11.3 Å². The minimum absolute atomic E-state index is 0.134. The molecule has 1 heterocycles. The number of halogens is 1. The van der Waals surface area contributed by atoms with Crippen LogP contribution in [0.2, 0.25) is 0 Å². The highest BCUT2D eigenvalue weighted by atomic mass is 32.1. The van der Waals surface area contributed by atoms with Crippen molar-refractivity contribution in [1.29, 1.82) is 0 Å². The van der Waals surface area contributed by atoms with E-state index in [2.05, 4.69) is 11.8 Å². The highest BCUT2D eigenvalue weighted by molar-refractivity contribution is 7.80. The first-order chi connectivity index (χ1) is 9.86. The first-order valence-corrected chi connectivity index (χ1v) is 7.40. The molecule has 0 aliphatic carbocycles. The summed E-state index contributed by atoms with van der Waals surface area (Å²) in [5, 5.41) is 0. The van der Waals surface area contributed by atoms with E-state index in [-0.39, 0.29) is 22.6 Å². The second-order valence-electron chi connectivity index (χ2n) is 5.67. The van der Waals surface area contributed by atoms with Crippen molar-refractivity contribution in [2.75, 3.05) is 6.54 Å². The summed E-state index contributed by atoms with van der Waals surface area (Å²) in [6.07, 6.45) is 1.72. The summed E-state index contributed by atoms with van der Waals surface area (Å²) in [6.45, 7) is 3.26. The molecule has 1 aromatic carbocycles. The van der Waals surface area contributed by atoms with Gasteiger partial charge in [0.1, 0.15) is 10.8 Å². The maximum Gasteiger partial charge on any atom is 0.221 e. The molecule has 0 spiro atoms. The zero-order chi connectivity index (χ0) is 15.6. The largest absolute Gasteiger partial charge is 0.389 e. The van der Waals surface area contributed by atoms with Crippen molar-refractivity contribution in [1.82, 2.24) is 4.90 Å². The third kappa shape index (κ3) is 3.98. The Bertz CT molecular complexity index is 564. The van der Waals surface area contributed by atoms with E-state index in [4.69, 9.17) is 23.7 Å². The number of carbonyl (C=O) groups excluding carboxylic acids is 1. The van der Waals surface area contributed by atoms with Crippen LogP contribution in [0.15, 0.2) is 18.2 Å². The van der Waals surface area contributed by atoms with Gasteiger partial charge in [-0.3, -0.25) is 9.69 Å². The lowest BCUT2D eigenvalue weighted by Gasteiger charge is -2.36. The lowest BCUT2D eigenvalue weighted by atomic mass is 9.92. The van der Waals surface area contributed by atoms with Crippen LogP contribution in [-0.4, -0.2) is 28.4 Å². The van der Waals surface area contributed by atoms with Gasteiger partial charge in [-0.1, -0.05) is 12.2 Å². The fraction of sp³-hybridized carbons (Fsp3) is 0.467. The number of primary amides is 1. The number of nitrogens with zero attached hydrogens (tertiary/aromatic N) is 1. The van der Waals surface area contributed by atoms with Crippen LogP contribution in [0.4, 0.5) is 4.39 Å². The van der Waals surface area contributed by atoms with Crippen LogP contribution >= 0.6 is 12.2 Å². The number of piperidine rings is 1. The van der Waals surface area contributed by atoms with Gasteiger partial charge in [0.25, 0.3) is 0 Å². The molecule has 0 saturated carbocycles. The maximum absolute atomic E-state index is 13.6. The molecule has 4 nitrogen and oxygen atoms in total. The van der Waals surface area contributed by atoms with Crippen molar-refractivity contribution in [2.24, 2.45) is 17.4 Å². The van der Waals surface area contributed by atoms with E-state index >= 15 is 0 Å². The Kier molecular flexibility index (Phi) is 4.90. The normalized spacial score (nSPS) is 23.0. The number of hydrogen-bond acceptors (Lipinski definition) is 3. The topological polar surface area (TPSA) is 72.4 Å². The first kappa shape index (κ1) is 15.9. The lowest BCUT2D eigenvalue weighted by Crippen LogP contribution is -2.45. The molecule has 1 aromatic rings. The van der Waals surface area contributed by atoms with Gasteiger partial charge < -0.3 is 11.5 Å². The van der Waals surface area contributed by atoms with Crippen molar-refractivity contribution in [3.63, 3.8) is 0 Å². The van der Waals surface area contributed by atoms with Gasteiger partial charge in [-0.15, -0.1) is 0 Å². The number of thiocarbonyl (C=S) groups is 1. The lowest BCUT2D eigenvalue weighted by molar-refractivity contribution is -0.124. The number of likely N-dealkylation sites (tertiary alicyclic amines) is 1. The molecule has 21 heavy (non-hydrogen) atoms. The SMILES string of the molecule is CC1CCC(C(N)=O)CN1Cc1cc(F)cc(C(N)=S)c1. The summed E-state index contributed by atoms with van der Waals surface area (Å²) in [6, 6.07) is 4.93. The van der Waals surface area contributed by atoms with Gasteiger partial charge in [0.15, 0.2) is 0 Å². The van der Waals surface area contributed by atoms with Crippen LogP contribution in [0.25, 0.3) is 0 Å². The predicted molar refractivity (Wildman–Crippen MR) is 84.1 cm³/mol. The highest BCUT2D eigenvalue weighted by Gasteiger charge is 2.28. The Morgan fingerprint density at radius 2 is 2.10 bits per heavy atom. The highest BCUT2D eigenvalue weighted by Crippen LogP contribution is 2.24. The molecule has 1 fully saturated rings. The number of rotatable bonds is 4. The molecule has 2 rings (SSSR count). The van der Waals surface area contributed by atoms with E-state index < -0.39 is 0 Å². The van der Waals surface area contributed by atoms with E-state index in [0.29, 0.717) is 24.7 Å². The summed E-state index contributed by atoms with van der Waals surface area (Å²) >= 11 is 4.90. The molecule has 0 radical (unpaired) electrons. The third-order valence-electron chi connectivity index (χ3n) is 4.04. The zero-order valence-corrected chi connectivity index (χ0v) is 12.8. The quantitative estimate of drug-likeness (QED) is 0.828. The summed E-state index contributed by atoms with van der Waals surface area (Å²) < 4.78 is 13.6. The molecular formula is C15H20FN3OS. The number of amides is 1. The van der Waals surface area contributed by atoms with Crippen molar-refractivity contribution in [2.45, 2.75) is 32.4 Å². The van der Waals surface area contributed by atoms with Crippen LogP contribution in [0.3, 0.4) is 0 Å². The Balaban J connectivity index is 2.16. The molecule has 2 atom stereocenters. The first-order valence-electron chi connectivity index (χ1n) is 6.99. The van der Waals surface area contributed by atoms with Gasteiger partial charge in [0.2, 0.25) is 5.91 Å². The van der Waals surface area contributed by atoms with E-state index in [1.165, 1.54) is 12.1 Å². The summed E-state index contributed by atoms with van der Waals surface area (Å²) in [5.74, 6) is -0.758. The Morgan fingerprint density at radius 3 is 2.71 bits per heavy atom. The van der Waals surface area contributed by atoms with Crippen LogP contribution in [0, 0.1) is 11.7 Å². The van der Waals surface area contributed by atoms with Crippen molar-refractivity contribution in [3.8, 4) is 0 Å². The van der Waals surface area contributed by atoms with Gasteiger partial charge in [0, 0.05) is 24.7 Å². The van der Waals surface area contributed by atoms with Crippen molar-refractivity contribution in [3.05, 3.63) is 35.1 Å². The molecule has 1 aliphatic heterocycles.